The van der Waals surface area contributed by atoms with Gasteiger partial charge in [-0.15, -0.1) is 11.3 Å². The maximum absolute atomic E-state index is 7.10. The van der Waals surface area contributed by atoms with Crippen LogP contribution < -0.4 is 5.73 Å². The van der Waals surface area contributed by atoms with Gasteiger partial charge in [0.1, 0.15) is 0 Å². The number of hydrogen-bond acceptors (Lipinski definition) is 2. The maximum atomic E-state index is 7.10. The highest BCUT2D eigenvalue weighted by atomic mass is 79.9. The third-order valence-corrected chi connectivity index (χ3v) is 3.79. The predicted molar refractivity (Wildman–Crippen MR) is 52.4 cm³/mol. The number of amidine groups is 1. The van der Waals surface area contributed by atoms with Crippen molar-refractivity contribution in [3.63, 3.8) is 0 Å². The van der Waals surface area contributed by atoms with Gasteiger partial charge < -0.3 is 5.73 Å². The average molecular weight is 233 g/mol. The van der Waals surface area contributed by atoms with Crippen molar-refractivity contribution in [3.05, 3.63) is 20.3 Å². The first-order chi connectivity index (χ1) is 5.11. The number of rotatable bonds is 2. The van der Waals surface area contributed by atoms with Crippen molar-refractivity contribution in [2.45, 2.75) is 13.3 Å². The monoisotopic (exact) mass is 232 g/mol. The molecule has 0 spiro atoms. The summed E-state index contributed by atoms with van der Waals surface area (Å²) >= 11 is 5.07. The molecule has 4 heteroatoms. The summed E-state index contributed by atoms with van der Waals surface area (Å²) < 4.78 is 1.10. The smallest absolute Gasteiger partial charge is 0.0958 e. The van der Waals surface area contributed by atoms with Crippen molar-refractivity contribution in [1.29, 1.82) is 5.41 Å². The summed E-state index contributed by atoms with van der Waals surface area (Å²) in [5.41, 5.74) is 6.49. The number of thiophene rings is 1. The Hall–Kier alpha value is -0.350. The van der Waals surface area contributed by atoms with E-state index >= 15 is 0 Å². The van der Waals surface area contributed by atoms with Gasteiger partial charge in [-0.2, -0.15) is 0 Å². The molecule has 0 fully saturated rings. The SMILES string of the molecule is Cc1csc(CC(=N)N)c1Br. The van der Waals surface area contributed by atoms with Gasteiger partial charge >= 0.3 is 0 Å². The van der Waals surface area contributed by atoms with E-state index in [-0.39, 0.29) is 5.84 Å². The zero-order valence-electron chi connectivity index (χ0n) is 6.15. The van der Waals surface area contributed by atoms with Crippen LogP contribution in [0.5, 0.6) is 0 Å². The Bertz CT molecular complexity index is 280. The van der Waals surface area contributed by atoms with E-state index in [2.05, 4.69) is 21.3 Å². The van der Waals surface area contributed by atoms with Gasteiger partial charge in [-0.1, -0.05) is 0 Å². The molecular weight excluding hydrogens is 224 g/mol. The second-order valence-corrected chi connectivity index (χ2v) is 4.12. The first kappa shape index (κ1) is 8.74. The van der Waals surface area contributed by atoms with Gasteiger partial charge in [-0.3, -0.25) is 5.41 Å². The molecule has 1 aromatic heterocycles. The Morgan fingerprint density at radius 3 is 2.82 bits per heavy atom. The molecule has 0 amide bonds. The van der Waals surface area contributed by atoms with Crippen molar-refractivity contribution in [1.82, 2.24) is 0 Å². The quantitative estimate of drug-likeness (QED) is 0.597. The van der Waals surface area contributed by atoms with E-state index in [4.69, 9.17) is 11.1 Å². The summed E-state index contributed by atoms with van der Waals surface area (Å²) in [6.45, 7) is 2.03. The molecule has 0 aliphatic rings. The summed E-state index contributed by atoms with van der Waals surface area (Å²) in [6.07, 6.45) is 0.555. The molecule has 60 valence electrons. The highest BCUT2D eigenvalue weighted by molar-refractivity contribution is 9.10. The van der Waals surface area contributed by atoms with Crippen LogP contribution in [0.15, 0.2) is 9.85 Å². The number of hydrogen-bond donors (Lipinski definition) is 2. The van der Waals surface area contributed by atoms with Crippen LogP contribution in [-0.4, -0.2) is 5.84 Å². The molecule has 0 aliphatic heterocycles. The minimum atomic E-state index is 0.215. The standard InChI is InChI=1S/C7H9BrN2S/c1-4-3-11-5(7(4)8)2-6(9)10/h3H,2H2,1H3,(H3,9,10). The number of nitrogens with one attached hydrogen (secondary N) is 1. The first-order valence-electron chi connectivity index (χ1n) is 3.16. The van der Waals surface area contributed by atoms with Crippen LogP contribution >= 0.6 is 27.3 Å². The van der Waals surface area contributed by atoms with E-state index in [0.29, 0.717) is 6.42 Å². The number of halogens is 1. The second-order valence-electron chi connectivity index (χ2n) is 2.36. The normalized spacial score (nSPS) is 10.0. The third-order valence-electron chi connectivity index (χ3n) is 1.32. The Kier molecular flexibility index (Phi) is 2.67. The lowest BCUT2D eigenvalue weighted by molar-refractivity contribution is 1.27. The summed E-state index contributed by atoms with van der Waals surface area (Å²) in [6, 6.07) is 0. The largest absolute Gasteiger partial charge is 0.387 e. The highest BCUT2D eigenvalue weighted by Crippen LogP contribution is 2.27. The molecule has 0 atom stereocenters. The van der Waals surface area contributed by atoms with E-state index in [1.807, 2.05) is 6.92 Å². The molecule has 1 aromatic rings. The topological polar surface area (TPSA) is 49.9 Å². The van der Waals surface area contributed by atoms with Crippen LogP contribution in [0.4, 0.5) is 0 Å². The Labute approximate surface area is 78.1 Å². The molecule has 0 radical (unpaired) electrons. The van der Waals surface area contributed by atoms with Gasteiger partial charge in [0.25, 0.3) is 0 Å². The van der Waals surface area contributed by atoms with Crippen molar-refractivity contribution in [2.24, 2.45) is 5.73 Å². The average Bonchev–Trinajstić information content (AvgIpc) is 2.18. The van der Waals surface area contributed by atoms with E-state index in [1.165, 1.54) is 5.56 Å². The zero-order chi connectivity index (χ0) is 8.43. The molecule has 1 heterocycles. The van der Waals surface area contributed by atoms with Crippen molar-refractivity contribution >= 4 is 33.1 Å². The summed E-state index contributed by atoms with van der Waals surface area (Å²) in [5.74, 6) is 0.215. The molecule has 1 rings (SSSR count). The van der Waals surface area contributed by atoms with Gasteiger partial charge in [0.2, 0.25) is 0 Å². The van der Waals surface area contributed by atoms with Gasteiger partial charge in [-0.25, -0.2) is 0 Å². The molecule has 0 saturated carbocycles. The van der Waals surface area contributed by atoms with Gasteiger partial charge in [0.05, 0.1) is 5.84 Å². The second kappa shape index (κ2) is 3.36. The summed E-state index contributed by atoms with van der Waals surface area (Å²) in [5, 5.41) is 9.16. The first-order valence-corrected chi connectivity index (χ1v) is 4.84. The van der Waals surface area contributed by atoms with Crippen LogP contribution in [0, 0.1) is 12.3 Å². The van der Waals surface area contributed by atoms with Crippen LogP contribution in [0.3, 0.4) is 0 Å². The number of nitrogens with two attached hydrogens (primary N) is 1. The Balaban J connectivity index is 2.87. The van der Waals surface area contributed by atoms with Crippen LogP contribution in [-0.2, 0) is 6.42 Å². The lowest BCUT2D eigenvalue weighted by Gasteiger charge is -1.95. The molecular formula is C7H9BrN2S. The molecule has 11 heavy (non-hydrogen) atoms. The molecule has 0 aliphatic carbocycles. The molecule has 3 N–H and O–H groups in total. The van der Waals surface area contributed by atoms with Crippen LogP contribution in [0.25, 0.3) is 0 Å². The zero-order valence-corrected chi connectivity index (χ0v) is 8.55. The number of aryl methyl sites for hydroxylation is 1. The van der Waals surface area contributed by atoms with Crippen LogP contribution in [0.2, 0.25) is 0 Å². The molecule has 0 aromatic carbocycles. The molecule has 0 unspecified atom stereocenters. The highest BCUT2D eigenvalue weighted by Gasteiger charge is 2.05. The molecule has 2 nitrogen and oxygen atoms in total. The van der Waals surface area contributed by atoms with E-state index in [9.17, 15) is 0 Å². The maximum Gasteiger partial charge on any atom is 0.0958 e. The molecule has 0 saturated heterocycles. The van der Waals surface area contributed by atoms with Gasteiger partial charge in [0, 0.05) is 15.8 Å². The van der Waals surface area contributed by atoms with Crippen molar-refractivity contribution < 1.29 is 0 Å². The van der Waals surface area contributed by atoms with E-state index < -0.39 is 0 Å². The summed E-state index contributed by atoms with van der Waals surface area (Å²) in [7, 11) is 0. The predicted octanol–water partition coefficient (Wildman–Crippen LogP) is 2.30. The Morgan fingerprint density at radius 2 is 2.45 bits per heavy atom. The van der Waals surface area contributed by atoms with Crippen molar-refractivity contribution in [3.8, 4) is 0 Å². The lowest BCUT2D eigenvalue weighted by Crippen LogP contribution is -2.11. The third kappa shape index (κ3) is 2.04. The van der Waals surface area contributed by atoms with Crippen LogP contribution in [0.1, 0.15) is 10.4 Å². The fourth-order valence-corrected chi connectivity index (χ4v) is 2.40. The lowest BCUT2D eigenvalue weighted by atomic mass is 10.3. The minimum Gasteiger partial charge on any atom is -0.387 e. The van der Waals surface area contributed by atoms with Gasteiger partial charge in [0.15, 0.2) is 0 Å². The van der Waals surface area contributed by atoms with E-state index in [0.717, 1.165) is 9.35 Å². The minimum absolute atomic E-state index is 0.215. The fraction of sp³-hybridized carbons (Fsp3) is 0.286. The Morgan fingerprint density at radius 1 is 1.82 bits per heavy atom. The fourth-order valence-electron chi connectivity index (χ4n) is 0.775. The molecule has 0 bridgehead atoms. The van der Waals surface area contributed by atoms with E-state index in [1.54, 1.807) is 11.3 Å². The van der Waals surface area contributed by atoms with Gasteiger partial charge in [-0.05, 0) is 33.8 Å². The summed E-state index contributed by atoms with van der Waals surface area (Å²) in [4.78, 5) is 1.13. The van der Waals surface area contributed by atoms with Crippen molar-refractivity contribution in [2.75, 3.05) is 0 Å².